The number of fused-ring (bicyclic) bond motifs is 3. The fraction of sp³-hybridized carbons (Fsp3) is 0.850. The highest BCUT2D eigenvalue weighted by molar-refractivity contribution is 5.88. The molecule has 24 heavy (non-hydrogen) atoms. The van der Waals surface area contributed by atoms with Crippen LogP contribution in [0.3, 0.4) is 0 Å². The molecule has 0 heterocycles. The molecule has 4 aliphatic rings. The maximum absolute atomic E-state index is 11.6. The van der Waals surface area contributed by atoms with E-state index < -0.39 is 18.2 Å². The van der Waals surface area contributed by atoms with Gasteiger partial charge in [-0.15, -0.1) is 0 Å². The molecule has 0 aliphatic heterocycles. The van der Waals surface area contributed by atoms with Crippen LogP contribution in [0.15, 0.2) is 11.6 Å². The van der Waals surface area contributed by atoms with E-state index in [0.29, 0.717) is 23.8 Å². The van der Waals surface area contributed by atoms with Gasteiger partial charge in [0.15, 0.2) is 0 Å². The average molecular weight is 334 g/mol. The van der Waals surface area contributed by atoms with Crippen molar-refractivity contribution in [3.05, 3.63) is 11.6 Å². The summed E-state index contributed by atoms with van der Waals surface area (Å²) in [4.78, 5) is 11.6. The summed E-state index contributed by atoms with van der Waals surface area (Å²) in [5, 5.41) is 30.7. The maximum atomic E-state index is 11.6. The molecule has 4 heteroatoms. The molecule has 0 aromatic carbocycles. The Labute approximate surface area is 144 Å². The van der Waals surface area contributed by atoms with E-state index in [2.05, 4.69) is 26.8 Å². The quantitative estimate of drug-likeness (QED) is 0.689. The molecular weight excluding hydrogens is 304 g/mol. The van der Waals surface area contributed by atoms with Gasteiger partial charge < -0.3 is 15.3 Å². The lowest BCUT2D eigenvalue weighted by atomic mass is 9.40. The summed E-state index contributed by atoms with van der Waals surface area (Å²) in [6.07, 6.45) is 6.39. The molecule has 2 bridgehead atoms. The summed E-state index contributed by atoms with van der Waals surface area (Å²) < 4.78 is 0. The van der Waals surface area contributed by atoms with Gasteiger partial charge in [-0.25, -0.2) is 4.79 Å². The molecule has 0 unspecified atom stereocenters. The zero-order chi connectivity index (χ0) is 17.5. The van der Waals surface area contributed by atoms with E-state index in [1.807, 2.05) is 0 Å². The molecule has 7 atom stereocenters. The Morgan fingerprint density at radius 3 is 2.46 bits per heavy atom. The first-order chi connectivity index (χ1) is 11.1. The van der Waals surface area contributed by atoms with Gasteiger partial charge in [0, 0.05) is 5.57 Å². The van der Waals surface area contributed by atoms with Gasteiger partial charge in [0.2, 0.25) is 0 Å². The lowest BCUT2D eigenvalue weighted by Gasteiger charge is -2.65. The van der Waals surface area contributed by atoms with Crippen molar-refractivity contribution < 1.29 is 20.1 Å². The highest BCUT2D eigenvalue weighted by Crippen LogP contribution is 2.70. The van der Waals surface area contributed by atoms with Crippen LogP contribution in [0.2, 0.25) is 0 Å². The van der Waals surface area contributed by atoms with Gasteiger partial charge in [-0.1, -0.05) is 26.8 Å². The number of carboxylic acid groups (broad SMARTS) is 1. The normalized spacial score (nSPS) is 52.2. The number of hydrogen-bond acceptors (Lipinski definition) is 3. The van der Waals surface area contributed by atoms with Crippen molar-refractivity contribution in [2.75, 3.05) is 0 Å². The molecule has 4 nitrogen and oxygen atoms in total. The molecule has 134 valence electrons. The highest BCUT2D eigenvalue weighted by Gasteiger charge is 2.65. The second-order valence-electron chi connectivity index (χ2n) is 9.80. The molecular formula is C20H30O4. The number of aliphatic carboxylic acids is 1. The smallest absolute Gasteiger partial charge is 0.331 e. The summed E-state index contributed by atoms with van der Waals surface area (Å²) in [5.41, 5.74) is 0.300. The minimum Gasteiger partial charge on any atom is -0.478 e. The second kappa shape index (κ2) is 4.85. The zero-order valence-corrected chi connectivity index (χ0v) is 15.0. The predicted octanol–water partition coefficient (Wildman–Crippen LogP) is 2.98. The molecule has 4 aliphatic carbocycles. The average Bonchev–Trinajstić information content (AvgIpc) is 2.76. The lowest BCUT2D eigenvalue weighted by molar-refractivity contribution is -0.212. The van der Waals surface area contributed by atoms with Gasteiger partial charge >= 0.3 is 5.97 Å². The van der Waals surface area contributed by atoms with Gasteiger partial charge in [-0.2, -0.15) is 0 Å². The van der Waals surface area contributed by atoms with Crippen molar-refractivity contribution in [3.8, 4) is 0 Å². The number of hydrogen-bond donors (Lipinski definition) is 3. The summed E-state index contributed by atoms with van der Waals surface area (Å²) in [6.45, 7) is 6.49. The van der Waals surface area contributed by atoms with Crippen LogP contribution >= 0.6 is 0 Å². The number of carboxylic acids is 1. The van der Waals surface area contributed by atoms with E-state index >= 15 is 0 Å². The van der Waals surface area contributed by atoms with Crippen molar-refractivity contribution in [3.63, 3.8) is 0 Å². The summed E-state index contributed by atoms with van der Waals surface area (Å²) in [5.74, 6) is 0.256. The molecule has 0 aromatic rings. The lowest BCUT2D eigenvalue weighted by Crippen LogP contribution is -2.63. The Kier molecular flexibility index (Phi) is 3.35. The minimum absolute atomic E-state index is 0.0000175. The second-order valence-corrected chi connectivity index (χ2v) is 9.80. The van der Waals surface area contributed by atoms with E-state index in [9.17, 15) is 20.1 Å². The van der Waals surface area contributed by atoms with E-state index in [-0.39, 0.29) is 22.2 Å². The topological polar surface area (TPSA) is 77.8 Å². The van der Waals surface area contributed by atoms with E-state index in [1.165, 1.54) is 0 Å². The van der Waals surface area contributed by atoms with Crippen molar-refractivity contribution in [2.24, 2.45) is 34.0 Å². The van der Waals surface area contributed by atoms with Crippen LogP contribution in [0.4, 0.5) is 0 Å². The number of allylic oxidation sites excluding steroid dienone is 1. The fourth-order valence-electron chi connectivity index (χ4n) is 7.54. The van der Waals surface area contributed by atoms with Crippen LogP contribution < -0.4 is 0 Å². The van der Waals surface area contributed by atoms with E-state index in [1.54, 1.807) is 0 Å². The molecule has 0 saturated heterocycles. The summed E-state index contributed by atoms with van der Waals surface area (Å²) in [7, 11) is 0. The number of carbonyl (C=O) groups is 1. The highest BCUT2D eigenvalue weighted by atomic mass is 16.4. The maximum Gasteiger partial charge on any atom is 0.331 e. The van der Waals surface area contributed by atoms with Crippen molar-refractivity contribution in [2.45, 2.75) is 71.5 Å². The van der Waals surface area contributed by atoms with Crippen LogP contribution in [0.5, 0.6) is 0 Å². The van der Waals surface area contributed by atoms with Gasteiger partial charge in [0.25, 0.3) is 0 Å². The van der Waals surface area contributed by atoms with Gasteiger partial charge in [0.05, 0.1) is 12.2 Å². The van der Waals surface area contributed by atoms with E-state index in [0.717, 1.165) is 32.1 Å². The predicted molar refractivity (Wildman–Crippen MR) is 90.2 cm³/mol. The van der Waals surface area contributed by atoms with Gasteiger partial charge in [-0.05, 0) is 72.5 Å². The first-order valence-corrected chi connectivity index (χ1v) is 9.44. The molecule has 1 spiro atoms. The SMILES string of the molecule is CC1(C)[C@H](O)[C@@H](O)C[C@]2(C)[C@@H]1CC[C@]13C=C(C(=O)O)[C@H](CC[C@H]12)C3. The molecule has 3 N–H and O–H groups in total. The minimum atomic E-state index is -0.746. The molecule has 0 radical (unpaired) electrons. The van der Waals surface area contributed by atoms with Crippen molar-refractivity contribution in [1.29, 1.82) is 0 Å². The number of aliphatic hydroxyl groups excluding tert-OH is 2. The van der Waals surface area contributed by atoms with Crippen LogP contribution in [0.1, 0.15) is 59.3 Å². The molecule has 3 saturated carbocycles. The van der Waals surface area contributed by atoms with E-state index in [4.69, 9.17) is 0 Å². The molecule has 4 rings (SSSR count). The molecule has 3 fully saturated rings. The Morgan fingerprint density at radius 1 is 1.08 bits per heavy atom. The summed E-state index contributed by atoms with van der Waals surface area (Å²) >= 11 is 0. The Bertz CT molecular complexity index is 609. The van der Waals surface area contributed by atoms with Crippen LogP contribution in [-0.4, -0.2) is 33.5 Å². The zero-order valence-electron chi connectivity index (χ0n) is 15.0. The van der Waals surface area contributed by atoms with Crippen LogP contribution in [0.25, 0.3) is 0 Å². The Morgan fingerprint density at radius 2 is 1.79 bits per heavy atom. The Hall–Kier alpha value is -0.870. The summed E-state index contributed by atoms with van der Waals surface area (Å²) in [6, 6.07) is 0. The third-order valence-corrected chi connectivity index (χ3v) is 8.42. The van der Waals surface area contributed by atoms with Gasteiger partial charge in [0.1, 0.15) is 0 Å². The van der Waals surface area contributed by atoms with Crippen LogP contribution in [0, 0.1) is 34.0 Å². The molecule has 0 amide bonds. The van der Waals surface area contributed by atoms with Crippen LogP contribution in [-0.2, 0) is 4.79 Å². The molecule has 0 aromatic heterocycles. The number of aliphatic hydroxyl groups is 2. The third-order valence-electron chi connectivity index (χ3n) is 8.42. The Balaban J connectivity index is 1.77. The fourth-order valence-corrected chi connectivity index (χ4v) is 7.54. The van der Waals surface area contributed by atoms with Crippen molar-refractivity contribution in [1.82, 2.24) is 0 Å². The first kappa shape index (κ1) is 16.6. The largest absolute Gasteiger partial charge is 0.478 e. The number of rotatable bonds is 1. The first-order valence-electron chi connectivity index (χ1n) is 9.44. The monoisotopic (exact) mass is 334 g/mol. The van der Waals surface area contributed by atoms with Crippen molar-refractivity contribution >= 4 is 5.97 Å². The third kappa shape index (κ3) is 1.90. The van der Waals surface area contributed by atoms with Gasteiger partial charge in [-0.3, -0.25) is 0 Å². The standard InChI is InChI=1S/C20H30O4/c1-18(2)14-6-7-20-8-11(12(9-20)17(23)24)4-5-15(20)19(14,3)10-13(21)16(18)22/h9,11,13-16,21-22H,4-8,10H2,1-3H3,(H,23,24)/t11-,13+,14-,15+,16-,19-,20+/m1/s1.